The van der Waals surface area contributed by atoms with Crippen molar-refractivity contribution < 1.29 is 9.84 Å². The van der Waals surface area contributed by atoms with Gasteiger partial charge in [-0.25, -0.2) is 0 Å². The van der Waals surface area contributed by atoms with Crippen LogP contribution in [0.25, 0.3) is 0 Å². The molecule has 2 nitrogen and oxygen atoms in total. The predicted molar refractivity (Wildman–Crippen MR) is 58.4 cm³/mol. The summed E-state index contributed by atoms with van der Waals surface area (Å²) in [6, 6.07) is 5.74. The van der Waals surface area contributed by atoms with E-state index in [-0.39, 0.29) is 6.10 Å². The van der Waals surface area contributed by atoms with Crippen molar-refractivity contribution in [2.45, 2.75) is 26.1 Å². The van der Waals surface area contributed by atoms with Crippen molar-refractivity contribution in [1.29, 1.82) is 0 Å². The van der Waals surface area contributed by atoms with Gasteiger partial charge in [0.1, 0.15) is 18.0 Å². The molecule has 0 radical (unpaired) electrons. The first-order valence-corrected chi connectivity index (χ1v) is 5.53. The van der Waals surface area contributed by atoms with E-state index in [1.54, 1.807) is 0 Å². The van der Waals surface area contributed by atoms with Gasteiger partial charge in [-0.05, 0) is 24.1 Å². The Balaban J connectivity index is 2.36. The minimum atomic E-state index is -0.498. The maximum absolute atomic E-state index is 9.99. The summed E-state index contributed by atoms with van der Waals surface area (Å²) in [5.41, 5.74) is 0.887. The fourth-order valence-electron chi connectivity index (χ4n) is 1.75. The van der Waals surface area contributed by atoms with E-state index in [1.807, 2.05) is 18.2 Å². The molecule has 1 heterocycles. The number of aliphatic hydroxyl groups is 1. The molecule has 2 atom stereocenters. The van der Waals surface area contributed by atoms with Gasteiger partial charge in [0.05, 0.1) is 0 Å². The maximum Gasteiger partial charge on any atom is 0.131 e. The van der Waals surface area contributed by atoms with E-state index < -0.39 is 6.10 Å². The first kappa shape index (κ1) is 9.99. The summed E-state index contributed by atoms with van der Waals surface area (Å²) in [4.78, 5) is 0. The monoisotopic (exact) mass is 256 g/mol. The van der Waals surface area contributed by atoms with E-state index in [1.165, 1.54) is 0 Å². The Morgan fingerprint density at radius 2 is 2.14 bits per heavy atom. The van der Waals surface area contributed by atoms with Crippen molar-refractivity contribution in [3.63, 3.8) is 0 Å². The summed E-state index contributed by atoms with van der Waals surface area (Å²) in [6.07, 6.45) is -0.609. The Morgan fingerprint density at radius 3 is 2.79 bits per heavy atom. The van der Waals surface area contributed by atoms with Crippen LogP contribution in [0, 0.1) is 5.92 Å². The zero-order chi connectivity index (χ0) is 10.3. The van der Waals surface area contributed by atoms with Gasteiger partial charge in [0.15, 0.2) is 0 Å². The molecule has 0 spiro atoms. The van der Waals surface area contributed by atoms with Gasteiger partial charge in [0.2, 0.25) is 0 Å². The maximum atomic E-state index is 9.99. The van der Waals surface area contributed by atoms with Crippen molar-refractivity contribution >= 4 is 15.9 Å². The number of ether oxygens (including phenoxy) is 1. The van der Waals surface area contributed by atoms with Crippen LogP contribution >= 0.6 is 15.9 Å². The highest BCUT2D eigenvalue weighted by atomic mass is 79.9. The number of fused-ring (bicyclic) bond motifs is 1. The molecule has 0 bridgehead atoms. The zero-order valence-electron chi connectivity index (χ0n) is 8.20. The molecular weight excluding hydrogens is 244 g/mol. The van der Waals surface area contributed by atoms with Crippen molar-refractivity contribution in [3.8, 4) is 5.75 Å². The van der Waals surface area contributed by atoms with Gasteiger partial charge in [0, 0.05) is 10.0 Å². The summed E-state index contributed by atoms with van der Waals surface area (Å²) < 4.78 is 6.64. The Bertz CT molecular complexity index is 349. The smallest absolute Gasteiger partial charge is 0.131 e. The summed E-state index contributed by atoms with van der Waals surface area (Å²) in [5.74, 6) is 1.12. The fraction of sp³-hybridized carbons (Fsp3) is 0.455. The number of benzene rings is 1. The van der Waals surface area contributed by atoms with Crippen LogP contribution in [-0.2, 0) is 0 Å². The van der Waals surface area contributed by atoms with Gasteiger partial charge in [-0.3, -0.25) is 0 Å². The first-order valence-electron chi connectivity index (χ1n) is 4.74. The van der Waals surface area contributed by atoms with Crippen molar-refractivity contribution in [2.75, 3.05) is 0 Å². The largest absolute Gasteiger partial charge is 0.487 e. The second-order valence-corrected chi connectivity index (χ2v) is 4.87. The minimum absolute atomic E-state index is 0.112. The van der Waals surface area contributed by atoms with Gasteiger partial charge >= 0.3 is 0 Å². The lowest BCUT2D eigenvalue weighted by Crippen LogP contribution is -2.24. The number of aliphatic hydroxyl groups excluding tert-OH is 1. The molecule has 76 valence electrons. The molecule has 0 aliphatic carbocycles. The average molecular weight is 257 g/mol. The van der Waals surface area contributed by atoms with Gasteiger partial charge in [-0.15, -0.1) is 0 Å². The Kier molecular flexibility index (Phi) is 2.54. The molecule has 1 N–H and O–H groups in total. The van der Waals surface area contributed by atoms with E-state index in [2.05, 4.69) is 29.8 Å². The highest BCUT2D eigenvalue weighted by Crippen LogP contribution is 2.40. The minimum Gasteiger partial charge on any atom is -0.487 e. The highest BCUT2D eigenvalue weighted by molar-refractivity contribution is 9.10. The summed E-state index contributed by atoms with van der Waals surface area (Å²) in [6.45, 7) is 4.10. The quantitative estimate of drug-likeness (QED) is 0.838. The third-order valence-corrected chi connectivity index (χ3v) is 3.02. The van der Waals surface area contributed by atoms with Crippen LogP contribution in [0.2, 0.25) is 0 Å². The van der Waals surface area contributed by atoms with Crippen LogP contribution in [0.5, 0.6) is 5.75 Å². The summed E-state index contributed by atoms with van der Waals surface area (Å²) in [7, 11) is 0. The molecule has 0 unspecified atom stereocenters. The topological polar surface area (TPSA) is 29.5 Å². The fourth-order valence-corrected chi connectivity index (χ4v) is 2.13. The molecule has 0 saturated carbocycles. The van der Waals surface area contributed by atoms with Gasteiger partial charge in [-0.2, -0.15) is 0 Å². The number of hydrogen-bond acceptors (Lipinski definition) is 2. The van der Waals surface area contributed by atoms with Crippen LogP contribution in [0.4, 0.5) is 0 Å². The third kappa shape index (κ3) is 1.55. The van der Waals surface area contributed by atoms with E-state index in [4.69, 9.17) is 4.74 Å². The summed E-state index contributed by atoms with van der Waals surface area (Å²) in [5, 5.41) is 9.99. The summed E-state index contributed by atoms with van der Waals surface area (Å²) >= 11 is 3.38. The van der Waals surface area contributed by atoms with E-state index in [0.717, 1.165) is 15.8 Å². The zero-order valence-corrected chi connectivity index (χ0v) is 9.78. The van der Waals surface area contributed by atoms with E-state index in [9.17, 15) is 5.11 Å². The van der Waals surface area contributed by atoms with E-state index in [0.29, 0.717) is 5.92 Å². The molecular formula is C11H13BrO2. The third-order valence-electron chi connectivity index (χ3n) is 2.52. The van der Waals surface area contributed by atoms with Crippen LogP contribution in [-0.4, -0.2) is 11.2 Å². The van der Waals surface area contributed by atoms with Crippen LogP contribution in [0.3, 0.4) is 0 Å². The van der Waals surface area contributed by atoms with Gasteiger partial charge in [-0.1, -0.05) is 29.8 Å². The normalized spacial score (nSPS) is 24.9. The molecule has 1 aliphatic rings. The van der Waals surface area contributed by atoms with Crippen molar-refractivity contribution in [2.24, 2.45) is 5.92 Å². The second kappa shape index (κ2) is 3.55. The first-order chi connectivity index (χ1) is 6.59. The molecule has 0 saturated heterocycles. The van der Waals surface area contributed by atoms with Crippen LogP contribution < -0.4 is 4.74 Å². The molecule has 0 aromatic heterocycles. The van der Waals surface area contributed by atoms with Crippen molar-refractivity contribution in [3.05, 3.63) is 28.2 Å². The molecule has 0 amide bonds. The van der Waals surface area contributed by atoms with Gasteiger partial charge < -0.3 is 9.84 Å². The molecule has 0 fully saturated rings. The molecule has 14 heavy (non-hydrogen) atoms. The number of rotatable bonds is 1. The van der Waals surface area contributed by atoms with Crippen LogP contribution in [0.15, 0.2) is 22.7 Å². The lowest BCUT2D eigenvalue weighted by Gasteiger charge is -2.17. The molecule has 1 aliphatic heterocycles. The second-order valence-electron chi connectivity index (χ2n) is 3.95. The SMILES string of the molecule is CC(C)[C@@H]1Oc2ccc(Br)cc2[C@@H]1O. The average Bonchev–Trinajstić information content (AvgIpc) is 2.44. The lowest BCUT2D eigenvalue weighted by atomic mass is 9.99. The molecule has 2 rings (SSSR count). The lowest BCUT2D eigenvalue weighted by molar-refractivity contribution is 0.0383. The highest BCUT2D eigenvalue weighted by Gasteiger charge is 2.34. The van der Waals surface area contributed by atoms with Gasteiger partial charge in [0.25, 0.3) is 0 Å². The standard InChI is InChI=1S/C11H13BrO2/c1-6(2)11-10(13)8-5-7(12)3-4-9(8)14-11/h3-6,10-11,13H,1-2H3/t10-,11-/m0/s1. The number of hydrogen-bond donors (Lipinski definition) is 1. The molecule has 1 aromatic carbocycles. The molecule has 1 aromatic rings. The Morgan fingerprint density at radius 1 is 1.43 bits per heavy atom. The Labute approximate surface area is 92.0 Å². The van der Waals surface area contributed by atoms with E-state index >= 15 is 0 Å². The predicted octanol–water partition coefficient (Wildman–Crippen LogP) is 2.90. The van der Waals surface area contributed by atoms with Crippen LogP contribution in [0.1, 0.15) is 25.5 Å². The number of halogens is 1. The Hall–Kier alpha value is -0.540. The molecule has 3 heteroatoms. The van der Waals surface area contributed by atoms with Crippen molar-refractivity contribution in [1.82, 2.24) is 0 Å².